The van der Waals surface area contributed by atoms with Crippen molar-refractivity contribution in [3.63, 3.8) is 0 Å². The minimum absolute atomic E-state index is 0.195. The summed E-state index contributed by atoms with van der Waals surface area (Å²) in [6, 6.07) is 5.62. The van der Waals surface area contributed by atoms with Gasteiger partial charge in [0.05, 0.1) is 6.04 Å². The fraction of sp³-hybridized carbons (Fsp3) is 0.400. The zero-order valence-electron chi connectivity index (χ0n) is 7.79. The highest BCUT2D eigenvalue weighted by molar-refractivity contribution is 5.36. The van der Waals surface area contributed by atoms with Crippen LogP contribution in [0.2, 0.25) is 0 Å². The first-order valence-corrected chi connectivity index (χ1v) is 4.55. The maximum Gasteiger partial charge on any atom is 0.426 e. The van der Waals surface area contributed by atoms with Gasteiger partial charge in [-0.3, -0.25) is 0 Å². The van der Waals surface area contributed by atoms with Crippen LogP contribution in [0.3, 0.4) is 0 Å². The predicted octanol–water partition coefficient (Wildman–Crippen LogP) is 1.88. The Balaban J connectivity index is 2.30. The largest absolute Gasteiger partial charge is 0.479 e. The molecular weight excluding hydrogens is 207 g/mol. The molecule has 0 radical (unpaired) electrons. The van der Waals surface area contributed by atoms with Crippen molar-refractivity contribution in [3.8, 4) is 5.75 Å². The molecule has 0 spiro atoms. The topological polar surface area (TPSA) is 35.2 Å². The molecule has 0 saturated heterocycles. The molecule has 0 saturated carbocycles. The van der Waals surface area contributed by atoms with Gasteiger partial charge in [0.15, 0.2) is 0 Å². The monoisotopic (exact) mass is 217 g/mol. The first-order valence-electron chi connectivity index (χ1n) is 4.55. The summed E-state index contributed by atoms with van der Waals surface area (Å²) in [5.41, 5.74) is 6.16. The summed E-state index contributed by atoms with van der Waals surface area (Å²) >= 11 is 0. The van der Waals surface area contributed by atoms with E-state index in [0.717, 1.165) is 5.56 Å². The molecular formula is C10H10F3NO. The van der Waals surface area contributed by atoms with E-state index in [1.165, 1.54) is 6.07 Å². The lowest BCUT2D eigenvalue weighted by molar-refractivity contribution is -0.203. The van der Waals surface area contributed by atoms with E-state index >= 15 is 0 Å². The lowest BCUT2D eigenvalue weighted by Crippen LogP contribution is -2.52. The van der Waals surface area contributed by atoms with Gasteiger partial charge < -0.3 is 10.5 Å². The molecule has 1 aliphatic heterocycles. The lowest BCUT2D eigenvalue weighted by atomic mass is 9.97. The summed E-state index contributed by atoms with van der Waals surface area (Å²) in [7, 11) is 0. The van der Waals surface area contributed by atoms with Gasteiger partial charge >= 0.3 is 6.18 Å². The molecule has 15 heavy (non-hydrogen) atoms. The zero-order valence-corrected chi connectivity index (χ0v) is 7.79. The Bertz CT molecular complexity index is 364. The van der Waals surface area contributed by atoms with Crippen molar-refractivity contribution in [1.29, 1.82) is 0 Å². The van der Waals surface area contributed by atoms with E-state index in [4.69, 9.17) is 10.5 Å². The number of rotatable bonds is 0. The van der Waals surface area contributed by atoms with Gasteiger partial charge in [-0.15, -0.1) is 0 Å². The molecule has 5 heteroatoms. The van der Waals surface area contributed by atoms with Crippen LogP contribution in [0.4, 0.5) is 13.2 Å². The standard InChI is InChI=1S/C10H10F3NO/c11-10(12,13)9-7(14)5-6-3-1-2-4-8(6)15-9/h1-4,7,9H,5,14H2/t7-,9+/m0/s1. The number of fused-ring (bicyclic) bond motifs is 1. The van der Waals surface area contributed by atoms with E-state index in [9.17, 15) is 13.2 Å². The second-order valence-corrected chi connectivity index (χ2v) is 3.56. The third-order valence-electron chi connectivity index (χ3n) is 2.39. The Morgan fingerprint density at radius 1 is 1.27 bits per heavy atom. The van der Waals surface area contributed by atoms with E-state index in [0.29, 0.717) is 0 Å². The van der Waals surface area contributed by atoms with Crippen molar-refractivity contribution in [1.82, 2.24) is 0 Å². The predicted molar refractivity (Wildman–Crippen MR) is 48.6 cm³/mol. The second kappa shape index (κ2) is 3.41. The molecule has 82 valence electrons. The van der Waals surface area contributed by atoms with Crippen LogP contribution in [0.1, 0.15) is 5.56 Å². The third kappa shape index (κ3) is 1.92. The Labute approximate surface area is 84.8 Å². The molecule has 2 nitrogen and oxygen atoms in total. The molecule has 0 bridgehead atoms. The maximum absolute atomic E-state index is 12.5. The zero-order chi connectivity index (χ0) is 11.1. The Hall–Kier alpha value is -1.23. The minimum Gasteiger partial charge on any atom is -0.479 e. The Morgan fingerprint density at radius 2 is 1.93 bits per heavy atom. The molecule has 1 aliphatic rings. The Kier molecular flexibility index (Phi) is 2.34. The number of alkyl halides is 3. The summed E-state index contributed by atoms with van der Waals surface area (Å²) in [6.45, 7) is 0. The van der Waals surface area contributed by atoms with Gasteiger partial charge in [-0.1, -0.05) is 18.2 Å². The first kappa shape index (κ1) is 10.3. The summed E-state index contributed by atoms with van der Waals surface area (Å²) < 4.78 is 42.3. The van der Waals surface area contributed by atoms with Crippen molar-refractivity contribution in [3.05, 3.63) is 29.8 Å². The van der Waals surface area contributed by atoms with Gasteiger partial charge in [0, 0.05) is 0 Å². The van der Waals surface area contributed by atoms with Crippen LogP contribution in [-0.2, 0) is 6.42 Å². The normalized spacial score (nSPS) is 25.6. The van der Waals surface area contributed by atoms with Gasteiger partial charge in [-0.2, -0.15) is 13.2 Å². The van der Waals surface area contributed by atoms with E-state index in [2.05, 4.69) is 0 Å². The summed E-state index contributed by atoms with van der Waals surface area (Å²) in [4.78, 5) is 0. The molecule has 0 unspecified atom stereocenters. The molecule has 1 aromatic rings. The molecule has 1 heterocycles. The van der Waals surface area contributed by atoms with E-state index in [1.807, 2.05) is 0 Å². The molecule has 0 fully saturated rings. The van der Waals surface area contributed by atoms with Gasteiger partial charge in [-0.25, -0.2) is 0 Å². The second-order valence-electron chi connectivity index (χ2n) is 3.56. The van der Waals surface area contributed by atoms with E-state index in [-0.39, 0.29) is 12.2 Å². The van der Waals surface area contributed by atoms with Crippen molar-refractivity contribution >= 4 is 0 Å². The average Bonchev–Trinajstić information content (AvgIpc) is 2.15. The van der Waals surface area contributed by atoms with Crippen molar-refractivity contribution in [2.24, 2.45) is 5.73 Å². The fourth-order valence-electron chi connectivity index (χ4n) is 1.68. The summed E-state index contributed by atoms with van der Waals surface area (Å²) in [5.74, 6) is 0.279. The van der Waals surface area contributed by atoms with E-state index in [1.54, 1.807) is 18.2 Å². The van der Waals surface area contributed by atoms with Gasteiger partial charge in [0.25, 0.3) is 0 Å². The molecule has 0 aromatic heterocycles. The maximum atomic E-state index is 12.5. The molecule has 2 N–H and O–H groups in total. The smallest absolute Gasteiger partial charge is 0.426 e. The molecule has 2 atom stereocenters. The highest BCUT2D eigenvalue weighted by Crippen LogP contribution is 2.34. The van der Waals surface area contributed by atoms with Crippen LogP contribution in [-0.4, -0.2) is 18.3 Å². The van der Waals surface area contributed by atoms with Gasteiger partial charge in [-0.05, 0) is 18.1 Å². The number of hydrogen-bond acceptors (Lipinski definition) is 2. The van der Waals surface area contributed by atoms with Crippen LogP contribution in [0, 0.1) is 0 Å². The lowest BCUT2D eigenvalue weighted by Gasteiger charge is -2.32. The van der Waals surface area contributed by atoms with Gasteiger partial charge in [0.1, 0.15) is 5.75 Å². The van der Waals surface area contributed by atoms with Crippen molar-refractivity contribution in [2.75, 3.05) is 0 Å². The SMILES string of the molecule is N[C@H]1Cc2ccccc2O[C@H]1C(F)(F)F. The highest BCUT2D eigenvalue weighted by atomic mass is 19.4. The quantitative estimate of drug-likeness (QED) is 0.720. The minimum atomic E-state index is -4.41. The number of halogens is 3. The number of para-hydroxylation sites is 1. The summed E-state index contributed by atoms with van der Waals surface area (Å²) in [6.07, 6.45) is -6.11. The number of hydrogen-bond donors (Lipinski definition) is 1. The third-order valence-corrected chi connectivity index (χ3v) is 2.39. The molecule has 0 aliphatic carbocycles. The average molecular weight is 217 g/mol. The van der Waals surface area contributed by atoms with Crippen LogP contribution in [0.15, 0.2) is 24.3 Å². The van der Waals surface area contributed by atoms with Crippen LogP contribution in [0.5, 0.6) is 5.75 Å². The molecule has 2 rings (SSSR count). The number of nitrogens with two attached hydrogens (primary N) is 1. The first-order chi connectivity index (χ1) is 6.98. The molecule has 1 aromatic carbocycles. The molecule has 0 amide bonds. The van der Waals surface area contributed by atoms with Crippen LogP contribution < -0.4 is 10.5 Å². The summed E-state index contributed by atoms with van der Waals surface area (Å²) in [5, 5.41) is 0. The van der Waals surface area contributed by atoms with Crippen LogP contribution >= 0.6 is 0 Å². The van der Waals surface area contributed by atoms with Crippen LogP contribution in [0.25, 0.3) is 0 Å². The fourth-order valence-corrected chi connectivity index (χ4v) is 1.68. The van der Waals surface area contributed by atoms with Crippen molar-refractivity contribution < 1.29 is 17.9 Å². The van der Waals surface area contributed by atoms with Gasteiger partial charge in [0.2, 0.25) is 6.10 Å². The Morgan fingerprint density at radius 3 is 2.60 bits per heavy atom. The number of ether oxygens (including phenoxy) is 1. The van der Waals surface area contributed by atoms with Crippen molar-refractivity contribution in [2.45, 2.75) is 24.7 Å². The highest BCUT2D eigenvalue weighted by Gasteiger charge is 2.47. The van der Waals surface area contributed by atoms with E-state index < -0.39 is 18.3 Å². The number of benzene rings is 1.